The minimum Gasteiger partial charge on any atom is -0.369 e. The maximum atomic E-state index is 13.4. The molecule has 9 nitrogen and oxygen atoms in total. The number of rotatable bonds is 7. The second-order valence-corrected chi connectivity index (χ2v) is 10.5. The van der Waals surface area contributed by atoms with Gasteiger partial charge in [-0.05, 0) is 43.7 Å². The van der Waals surface area contributed by atoms with Crippen molar-refractivity contribution >= 4 is 27.8 Å². The smallest absolute Gasteiger partial charge is 0.282 e. The first-order valence-corrected chi connectivity index (χ1v) is 12.3. The molecular weight excluding hydrogens is 432 g/mol. The molecule has 0 saturated carbocycles. The van der Waals surface area contributed by atoms with Crippen molar-refractivity contribution in [3.8, 4) is 0 Å². The number of nitrogens with two attached hydrogens (primary N) is 1. The number of nitrogens with one attached hydrogen (secondary N) is 1. The number of carbonyl (C=O) groups is 3. The highest BCUT2D eigenvalue weighted by atomic mass is 32.2. The Morgan fingerprint density at radius 2 is 1.91 bits per heavy atom. The van der Waals surface area contributed by atoms with Gasteiger partial charge in [-0.1, -0.05) is 31.2 Å². The van der Waals surface area contributed by atoms with E-state index in [0.717, 1.165) is 11.1 Å². The van der Waals surface area contributed by atoms with Gasteiger partial charge in [-0.3, -0.25) is 14.4 Å². The molecule has 2 amide bonds. The van der Waals surface area contributed by atoms with Crippen molar-refractivity contribution in [1.29, 1.82) is 0 Å². The zero-order valence-corrected chi connectivity index (χ0v) is 19.3. The Kier molecular flexibility index (Phi) is 7.68. The molecule has 1 fully saturated rings. The normalized spacial score (nSPS) is 23.8. The van der Waals surface area contributed by atoms with Crippen LogP contribution in [0.2, 0.25) is 0 Å². The molecule has 32 heavy (non-hydrogen) atoms. The predicted octanol–water partition coefficient (Wildman–Crippen LogP) is 0.543. The van der Waals surface area contributed by atoms with Crippen LogP contribution >= 0.6 is 0 Å². The Morgan fingerprint density at radius 1 is 1.22 bits per heavy atom. The molecule has 3 N–H and O–H groups in total. The number of hydrogen-bond donors (Lipinski definition) is 2. The fourth-order valence-electron chi connectivity index (χ4n) is 4.04. The molecule has 1 radical (unpaired) electrons. The lowest BCUT2D eigenvalue weighted by Crippen LogP contribution is -2.51. The molecule has 0 spiro atoms. The fourth-order valence-corrected chi connectivity index (χ4v) is 5.81. The molecular formula is C22H31N4O5S. The van der Waals surface area contributed by atoms with Crippen LogP contribution in [-0.4, -0.2) is 59.8 Å². The maximum absolute atomic E-state index is 13.4. The van der Waals surface area contributed by atoms with E-state index in [1.165, 1.54) is 15.0 Å². The molecule has 10 heteroatoms. The van der Waals surface area contributed by atoms with E-state index < -0.39 is 34.0 Å². The van der Waals surface area contributed by atoms with Gasteiger partial charge in [0.1, 0.15) is 0 Å². The highest BCUT2D eigenvalue weighted by molar-refractivity contribution is 7.86. The molecule has 1 aromatic rings. The SMILES string of the molecule is C[C@@H]1CC[C@H](NC(=O)[CH]C[C@H](C)C(N)=O)C(=O)CN1S(=O)(=O)N1CCc2ccccc2C1. The first kappa shape index (κ1) is 24.3. The van der Waals surface area contributed by atoms with Crippen LogP contribution in [0.25, 0.3) is 0 Å². The van der Waals surface area contributed by atoms with Crippen LogP contribution in [0.1, 0.15) is 44.2 Å². The number of amides is 2. The average molecular weight is 464 g/mol. The molecule has 1 aromatic carbocycles. The summed E-state index contributed by atoms with van der Waals surface area (Å²) in [6.07, 6.45) is 2.90. The van der Waals surface area contributed by atoms with E-state index in [9.17, 15) is 22.8 Å². The van der Waals surface area contributed by atoms with Gasteiger partial charge in [0.05, 0.1) is 19.0 Å². The molecule has 2 aliphatic rings. The summed E-state index contributed by atoms with van der Waals surface area (Å²) < 4.78 is 29.5. The number of benzene rings is 1. The van der Waals surface area contributed by atoms with Gasteiger partial charge in [-0.15, -0.1) is 0 Å². The summed E-state index contributed by atoms with van der Waals surface area (Å²) in [4.78, 5) is 36.2. The Labute approximate surface area is 189 Å². The standard InChI is InChI=1S/C22H31N4O5S/c1-15(22(23)29)7-10-21(28)24-19-9-8-16(2)26(14-20(19)27)32(30,31)25-12-11-17-5-3-4-6-18(17)13-25/h3-6,10,15-16,19H,7-9,11-14H2,1-2H3,(H2,23,29)(H,24,28)/t15-,16+,19-/m0/s1. The van der Waals surface area contributed by atoms with Crippen molar-refractivity contribution in [2.75, 3.05) is 13.1 Å². The minimum atomic E-state index is -3.84. The summed E-state index contributed by atoms with van der Waals surface area (Å²) in [5, 5.41) is 2.66. The second kappa shape index (κ2) is 10.1. The lowest BCUT2D eigenvalue weighted by atomic mass is 10.0. The molecule has 3 rings (SSSR count). The van der Waals surface area contributed by atoms with Crippen molar-refractivity contribution in [1.82, 2.24) is 13.9 Å². The fraction of sp³-hybridized carbons (Fsp3) is 0.545. The van der Waals surface area contributed by atoms with E-state index in [2.05, 4.69) is 5.32 Å². The van der Waals surface area contributed by atoms with E-state index in [-0.39, 0.29) is 31.3 Å². The third kappa shape index (κ3) is 5.54. The predicted molar refractivity (Wildman–Crippen MR) is 119 cm³/mol. The van der Waals surface area contributed by atoms with Crippen molar-refractivity contribution in [3.05, 3.63) is 41.8 Å². The van der Waals surface area contributed by atoms with Crippen LogP contribution in [0.5, 0.6) is 0 Å². The number of fused-ring (bicyclic) bond motifs is 1. The molecule has 1 saturated heterocycles. The molecule has 175 valence electrons. The maximum Gasteiger partial charge on any atom is 0.282 e. The van der Waals surface area contributed by atoms with Crippen molar-refractivity contribution in [2.24, 2.45) is 11.7 Å². The van der Waals surface area contributed by atoms with Crippen LogP contribution < -0.4 is 11.1 Å². The van der Waals surface area contributed by atoms with Crippen molar-refractivity contribution in [2.45, 2.75) is 58.2 Å². The number of hydrogen-bond acceptors (Lipinski definition) is 5. The Morgan fingerprint density at radius 3 is 2.59 bits per heavy atom. The van der Waals surface area contributed by atoms with E-state index in [1.54, 1.807) is 13.8 Å². The average Bonchev–Trinajstić information content (AvgIpc) is 2.90. The summed E-state index contributed by atoms with van der Waals surface area (Å²) in [6.45, 7) is 3.76. The van der Waals surface area contributed by atoms with Gasteiger partial charge in [0, 0.05) is 25.0 Å². The number of nitrogens with zero attached hydrogens (tertiary/aromatic N) is 2. The monoisotopic (exact) mass is 463 g/mol. The van der Waals surface area contributed by atoms with Crippen LogP contribution in [0.15, 0.2) is 24.3 Å². The van der Waals surface area contributed by atoms with Gasteiger partial charge in [-0.2, -0.15) is 17.0 Å². The quantitative estimate of drug-likeness (QED) is 0.610. The first-order chi connectivity index (χ1) is 15.1. The van der Waals surface area contributed by atoms with Crippen molar-refractivity contribution < 1.29 is 22.8 Å². The first-order valence-electron chi connectivity index (χ1n) is 10.9. The molecule has 0 aliphatic carbocycles. The zero-order valence-electron chi connectivity index (χ0n) is 18.5. The summed E-state index contributed by atoms with van der Waals surface area (Å²) in [5.74, 6) is -1.80. The molecule has 0 aromatic heterocycles. The Hall–Kier alpha value is -2.30. The van der Waals surface area contributed by atoms with Crippen molar-refractivity contribution in [3.63, 3.8) is 0 Å². The summed E-state index contributed by atoms with van der Waals surface area (Å²) in [7, 11) is -3.84. The van der Waals surface area contributed by atoms with Gasteiger partial charge in [-0.25, -0.2) is 0 Å². The minimum absolute atomic E-state index is 0.176. The van der Waals surface area contributed by atoms with Crippen LogP contribution in [0.4, 0.5) is 0 Å². The highest BCUT2D eigenvalue weighted by Crippen LogP contribution is 2.26. The lowest BCUT2D eigenvalue weighted by Gasteiger charge is -2.34. The molecule has 2 aliphatic heterocycles. The molecule has 3 atom stereocenters. The third-order valence-corrected chi connectivity index (χ3v) is 8.29. The molecule has 2 heterocycles. The summed E-state index contributed by atoms with van der Waals surface area (Å²) in [6, 6.07) is 6.62. The zero-order chi connectivity index (χ0) is 23.5. The highest BCUT2D eigenvalue weighted by Gasteiger charge is 2.39. The molecule has 0 unspecified atom stereocenters. The van der Waals surface area contributed by atoms with Crippen LogP contribution in [0, 0.1) is 12.3 Å². The van der Waals surface area contributed by atoms with Gasteiger partial charge in [0.15, 0.2) is 5.78 Å². The third-order valence-electron chi connectivity index (χ3n) is 6.24. The number of Topliss-reactive ketones (excluding diaryl/α,β-unsaturated/α-hetero) is 1. The Bertz CT molecular complexity index is 980. The van der Waals surface area contributed by atoms with Gasteiger partial charge in [0.2, 0.25) is 11.8 Å². The summed E-state index contributed by atoms with van der Waals surface area (Å²) >= 11 is 0. The Balaban J connectivity index is 1.65. The molecule has 0 bridgehead atoms. The summed E-state index contributed by atoms with van der Waals surface area (Å²) in [5.41, 5.74) is 7.31. The van der Waals surface area contributed by atoms with E-state index in [0.29, 0.717) is 25.8 Å². The topological polar surface area (TPSA) is 130 Å². The van der Waals surface area contributed by atoms with Gasteiger partial charge < -0.3 is 11.1 Å². The van der Waals surface area contributed by atoms with E-state index >= 15 is 0 Å². The van der Waals surface area contributed by atoms with E-state index in [1.807, 2.05) is 24.3 Å². The number of primary amides is 1. The second-order valence-electron chi connectivity index (χ2n) is 8.60. The van der Waals surface area contributed by atoms with Gasteiger partial charge >= 0.3 is 0 Å². The van der Waals surface area contributed by atoms with Gasteiger partial charge in [0.25, 0.3) is 10.2 Å². The largest absolute Gasteiger partial charge is 0.369 e. The lowest BCUT2D eigenvalue weighted by molar-refractivity contribution is -0.126. The van der Waals surface area contributed by atoms with Crippen LogP contribution in [-0.2, 0) is 37.6 Å². The number of ketones is 1. The van der Waals surface area contributed by atoms with Crippen LogP contribution in [0.3, 0.4) is 0 Å². The van der Waals surface area contributed by atoms with E-state index in [4.69, 9.17) is 5.73 Å². The number of carbonyl (C=O) groups excluding carboxylic acids is 3.